The molecular formula is C22H25F3N6O. The highest BCUT2D eigenvalue weighted by molar-refractivity contribution is 5.79. The van der Waals surface area contributed by atoms with E-state index in [4.69, 9.17) is 0 Å². The van der Waals surface area contributed by atoms with E-state index in [-0.39, 0.29) is 23.5 Å². The molecule has 170 valence electrons. The molecule has 1 N–H and O–H groups in total. The minimum absolute atomic E-state index is 0.00158. The van der Waals surface area contributed by atoms with Crippen LogP contribution in [0, 0.1) is 5.92 Å². The van der Waals surface area contributed by atoms with Gasteiger partial charge in [-0.2, -0.15) is 17.7 Å². The van der Waals surface area contributed by atoms with Crippen LogP contribution in [0.2, 0.25) is 0 Å². The number of alkyl halides is 3. The summed E-state index contributed by atoms with van der Waals surface area (Å²) in [4.78, 5) is 14.6. The van der Waals surface area contributed by atoms with Crippen molar-refractivity contribution in [3.05, 3.63) is 53.3 Å². The number of aromatic nitrogens is 4. The van der Waals surface area contributed by atoms with Crippen LogP contribution in [0.25, 0.3) is 5.65 Å². The number of hydrogen-bond acceptors (Lipinski definition) is 5. The second-order valence-electron chi connectivity index (χ2n) is 8.07. The van der Waals surface area contributed by atoms with Gasteiger partial charge in [-0.1, -0.05) is 31.2 Å². The van der Waals surface area contributed by atoms with Crippen molar-refractivity contribution in [3.63, 3.8) is 0 Å². The lowest BCUT2D eigenvalue weighted by Crippen LogP contribution is -2.41. The highest BCUT2D eigenvalue weighted by atomic mass is 19.4. The molecule has 1 atom stereocenters. The van der Waals surface area contributed by atoms with E-state index in [0.717, 1.165) is 16.5 Å². The van der Waals surface area contributed by atoms with E-state index < -0.39 is 12.0 Å². The fourth-order valence-corrected chi connectivity index (χ4v) is 3.95. The van der Waals surface area contributed by atoms with Gasteiger partial charge in [0, 0.05) is 19.0 Å². The molecule has 1 aliphatic heterocycles. The van der Waals surface area contributed by atoms with E-state index in [1.54, 1.807) is 6.07 Å². The van der Waals surface area contributed by atoms with E-state index in [1.165, 1.54) is 11.6 Å². The maximum atomic E-state index is 13.1. The molecule has 1 unspecified atom stereocenters. The summed E-state index contributed by atoms with van der Waals surface area (Å²) in [5.41, 5.74) is 2.34. The normalized spacial score (nSPS) is 16.3. The highest BCUT2D eigenvalue weighted by Gasteiger charge is 2.38. The second-order valence-corrected chi connectivity index (χ2v) is 8.07. The third kappa shape index (κ3) is 4.53. The Morgan fingerprint density at radius 2 is 1.81 bits per heavy atom. The Morgan fingerprint density at radius 3 is 2.44 bits per heavy atom. The lowest BCUT2D eigenvalue weighted by Gasteiger charge is -2.32. The summed E-state index contributed by atoms with van der Waals surface area (Å²) in [6, 6.07) is 11.2. The standard InChI is InChI=1S/C22H25F3N6O/c1-3-15-4-6-16(7-5-15)14(2)26-20(32)17-10-12-30(13-11-17)19-9-8-18-27-28-21(22(23,24)25)31(18)29-19/h4-9,14,17H,3,10-13H2,1-2H3,(H,26,32). The van der Waals surface area contributed by atoms with Crippen molar-refractivity contribution in [2.24, 2.45) is 5.92 Å². The van der Waals surface area contributed by atoms with Gasteiger partial charge in [0.25, 0.3) is 5.82 Å². The van der Waals surface area contributed by atoms with E-state index in [2.05, 4.69) is 39.7 Å². The molecule has 10 heteroatoms. The molecule has 0 saturated carbocycles. The molecule has 2 aromatic heterocycles. The Bertz CT molecular complexity index is 1090. The molecule has 0 bridgehead atoms. The SMILES string of the molecule is CCc1ccc(C(C)NC(=O)C2CCN(c3ccc4nnc(C(F)(F)F)n4n3)CC2)cc1. The van der Waals surface area contributed by atoms with Crippen LogP contribution in [0.5, 0.6) is 0 Å². The Hall–Kier alpha value is -3.17. The number of nitrogens with zero attached hydrogens (tertiary/aromatic N) is 5. The summed E-state index contributed by atoms with van der Waals surface area (Å²) in [7, 11) is 0. The van der Waals surface area contributed by atoms with Crippen LogP contribution in [0.15, 0.2) is 36.4 Å². The van der Waals surface area contributed by atoms with Gasteiger partial charge in [0.2, 0.25) is 5.91 Å². The average Bonchev–Trinajstić information content (AvgIpc) is 3.23. The zero-order valence-electron chi connectivity index (χ0n) is 17.9. The van der Waals surface area contributed by atoms with Gasteiger partial charge in [0.05, 0.1) is 6.04 Å². The predicted octanol–water partition coefficient (Wildman–Crippen LogP) is 3.80. The first-order valence-corrected chi connectivity index (χ1v) is 10.7. The molecule has 0 aliphatic carbocycles. The number of aryl methyl sites for hydroxylation is 1. The molecular weight excluding hydrogens is 421 g/mol. The van der Waals surface area contributed by atoms with E-state index in [9.17, 15) is 18.0 Å². The van der Waals surface area contributed by atoms with Crippen molar-refractivity contribution in [3.8, 4) is 0 Å². The number of amides is 1. The third-order valence-electron chi connectivity index (χ3n) is 5.94. The minimum atomic E-state index is -4.64. The molecule has 32 heavy (non-hydrogen) atoms. The van der Waals surface area contributed by atoms with E-state index in [0.29, 0.717) is 31.7 Å². The van der Waals surface area contributed by atoms with Gasteiger partial charge in [-0.05, 0) is 49.4 Å². The van der Waals surface area contributed by atoms with Crippen LogP contribution in [0.1, 0.15) is 49.7 Å². The maximum absolute atomic E-state index is 13.1. The first kappa shape index (κ1) is 22.0. The molecule has 3 heterocycles. The number of rotatable bonds is 5. The van der Waals surface area contributed by atoms with Crippen molar-refractivity contribution in [2.45, 2.75) is 45.3 Å². The van der Waals surface area contributed by atoms with Crippen LogP contribution in [-0.2, 0) is 17.4 Å². The number of anilines is 1. The van der Waals surface area contributed by atoms with Gasteiger partial charge in [0.15, 0.2) is 5.65 Å². The van der Waals surface area contributed by atoms with Crippen molar-refractivity contribution in [1.82, 2.24) is 25.1 Å². The summed E-state index contributed by atoms with van der Waals surface area (Å²) >= 11 is 0. The topological polar surface area (TPSA) is 75.4 Å². The Morgan fingerprint density at radius 1 is 1.12 bits per heavy atom. The van der Waals surface area contributed by atoms with Gasteiger partial charge < -0.3 is 10.2 Å². The monoisotopic (exact) mass is 446 g/mol. The number of hydrogen-bond donors (Lipinski definition) is 1. The highest BCUT2D eigenvalue weighted by Crippen LogP contribution is 2.29. The lowest BCUT2D eigenvalue weighted by molar-refractivity contribution is -0.146. The Labute approximate surface area is 183 Å². The van der Waals surface area contributed by atoms with Gasteiger partial charge in [-0.25, -0.2) is 0 Å². The average molecular weight is 446 g/mol. The van der Waals surface area contributed by atoms with Crippen molar-refractivity contribution in [1.29, 1.82) is 0 Å². The molecule has 0 radical (unpaired) electrons. The molecule has 7 nitrogen and oxygen atoms in total. The summed E-state index contributed by atoms with van der Waals surface area (Å²) in [5, 5.41) is 13.9. The van der Waals surface area contributed by atoms with Crippen LogP contribution in [0.3, 0.4) is 0 Å². The number of nitrogens with one attached hydrogen (secondary N) is 1. The molecule has 1 aliphatic rings. The molecule has 0 spiro atoms. The van der Waals surface area contributed by atoms with Crippen molar-refractivity contribution in [2.75, 3.05) is 18.0 Å². The third-order valence-corrected chi connectivity index (χ3v) is 5.94. The number of piperidine rings is 1. The van der Waals surface area contributed by atoms with Crippen LogP contribution < -0.4 is 10.2 Å². The lowest BCUT2D eigenvalue weighted by atomic mass is 9.95. The van der Waals surface area contributed by atoms with Crippen LogP contribution in [-0.4, -0.2) is 38.8 Å². The van der Waals surface area contributed by atoms with Crippen LogP contribution in [0.4, 0.5) is 19.0 Å². The van der Waals surface area contributed by atoms with Gasteiger partial charge in [-0.15, -0.1) is 15.3 Å². The number of benzene rings is 1. The first-order chi connectivity index (χ1) is 15.3. The zero-order valence-corrected chi connectivity index (χ0v) is 17.9. The number of carbonyl (C=O) groups excluding carboxylic acids is 1. The molecule has 3 aromatic rings. The summed E-state index contributed by atoms with van der Waals surface area (Å²) in [5.74, 6) is -0.887. The maximum Gasteiger partial charge on any atom is 0.453 e. The smallest absolute Gasteiger partial charge is 0.355 e. The fraction of sp³-hybridized carbons (Fsp3) is 0.455. The summed E-state index contributed by atoms with van der Waals surface area (Å²) in [6.45, 7) is 5.12. The molecule has 1 saturated heterocycles. The van der Waals surface area contributed by atoms with Gasteiger partial charge >= 0.3 is 6.18 Å². The molecule has 4 rings (SSSR count). The predicted molar refractivity (Wildman–Crippen MR) is 113 cm³/mol. The molecule has 1 amide bonds. The van der Waals surface area contributed by atoms with Gasteiger partial charge in [-0.3, -0.25) is 4.79 Å². The number of fused-ring (bicyclic) bond motifs is 1. The van der Waals surface area contributed by atoms with E-state index in [1.807, 2.05) is 24.0 Å². The molecule has 1 aromatic carbocycles. The van der Waals surface area contributed by atoms with Crippen LogP contribution >= 0.6 is 0 Å². The van der Waals surface area contributed by atoms with Gasteiger partial charge in [0.1, 0.15) is 5.82 Å². The van der Waals surface area contributed by atoms with Crippen molar-refractivity contribution >= 4 is 17.4 Å². The summed E-state index contributed by atoms with van der Waals surface area (Å²) < 4.78 is 40.0. The first-order valence-electron chi connectivity index (χ1n) is 10.7. The Balaban J connectivity index is 1.37. The van der Waals surface area contributed by atoms with Crippen molar-refractivity contribution < 1.29 is 18.0 Å². The Kier molecular flexibility index (Phi) is 6.03. The largest absolute Gasteiger partial charge is 0.453 e. The quantitative estimate of drug-likeness (QED) is 0.645. The minimum Gasteiger partial charge on any atom is -0.355 e. The number of carbonyl (C=O) groups is 1. The number of halogens is 3. The second kappa shape index (κ2) is 8.76. The summed E-state index contributed by atoms with van der Waals surface area (Å²) in [6.07, 6.45) is -2.47. The fourth-order valence-electron chi connectivity index (χ4n) is 3.95. The zero-order chi connectivity index (χ0) is 22.9. The van der Waals surface area contributed by atoms with E-state index >= 15 is 0 Å². The molecule has 1 fully saturated rings.